The van der Waals surface area contributed by atoms with Gasteiger partial charge < -0.3 is 25.4 Å². The predicted molar refractivity (Wildman–Crippen MR) is 114 cm³/mol. The number of ether oxygens (including phenoxy) is 2. The van der Waals surface area contributed by atoms with Gasteiger partial charge in [-0.2, -0.15) is 5.10 Å². The van der Waals surface area contributed by atoms with Crippen LogP contribution in [0.2, 0.25) is 0 Å². The highest BCUT2D eigenvalue weighted by Gasteiger charge is 2.08. The van der Waals surface area contributed by atoms with E-state index in [4.69, 9.17) is 9.47 Å². The van der Waals surface area contributed by atoms with Crippen molar-refractivity contribution in [1.82, 2.24) is 25.3 Å². The summed E-state index contributed by atoms with van der Waals surface area (Å²) in [6.07, 6.45) is 0. The Labute approximate surface area is 174 Å². The lowest BCUT2D eigenvalue weighted by molar-refractivity contribution is 0.252. The van der Waals surface area contributed by atoms with Crippen LogP contribution in [0.25, 0.3) is 5.82 Å². The quantitative estimate of drug-likeness (QED) is 0.488. The summed E-state index contributed by atoms with van der Waals surface area (Å²) in [5.41, 5.74) is 2.52. The summed E-state index contributed by atoms with van der Waals surface area (Å²) in [7, 11) is 3.10. The lowest BCUT2D eigenvalue weighted by Gasteiger charge is -2.11. The minimum atomic E-state index is -0.324. The zero-order valence-corrected chi connectivity index (χ0v) is 17.4. The number of carbonyl (C=O) groups is 1. The molecule has 30 heavy (non-hydrogen) atoms. The van der Waals surface area contributed by atoms with Gasteiger partial charge in [-0.15, -0.1) is 10.2 Å². The molecule has 0 bridgehead atoms. The number of rotatable bonds is 8. The molecule has 1 aromatic carbocycles. The number of nitrogens with one attached hydrogen (secondary N) is 3. The molecule has 0 radical (unpaired) electrons. The Hall–Kier alpha value is -3.82. The van der Waals surface area contributed by atoms with Crippen molar-refractivity contribution in [3.63, 3.8) is 0 Å². The highest BCUT2D eigenvalue weighted by molar-refractivity contribution is 5.89. The van der Waals surface area contributed by atoms with E-state index in [1.807, 2.05) is 32.0 Å². The van der Waals surface area contributed by atoms with E-state index in [0.717, 1.165) is 11.4 Å². The van der Waals surface area contributed by atoms with E-state index in [1.165, 1.54) is 0 Å². The van der Waals surface area contributed by atoms with Crippen molar-refractivity contribution in [2.45, 2.75) is 13.8 Å². The molecule has 158 valence electrons. The fourth-order valence-electron chi connectivity index (χ4n) is 2.85. The number of nitrogens with zero attached hydrogens (tertiary/aromatic N) is 4. The molecule has 0 atom stereocenters. The normalized spacial score (nSPS) is 10.4. The van der Waals surface area contributed by atoms with Gasteiger partial charge in [-0.1, -0.05) is 0 Å². The minimum absolute atomic E-state index is 0.324. The van der Waals surface area contributed by atoms with Crippen LogP contribution in [0.4, 0.5) is 16.3 Å². The monoisotopic (exact) mass is 411 g/mol. The van der Waals surface area contributed by atoms with Gasteiger partial charge in [-0.25, -0.2) is 9.48 Å². The van der Waals surface area contributed by atoms with E-state index in [2.05, 4.69) is 31.2 Å². The van der Waals surface area contributed by atoms with E-state index < -0.39 is 0 Å². The Morgan fingerprint density at radius 1 is 1.00 bits per heavy atom. The van der Waals surface area contributed by atoms with Crippen LogP contribution in [0.15, 0.2) is 36.4 Å². The number of urea groups is 1. The molecule has 3 N–H and O–H groups in total. The molecule has 0 aliphatic carbocycles. The van der Waals surface area contributed by atoms with Crippen molar-refractivity contribution in [2.75, 3.05) is 37.9 Å². The lowest BCUT2D eigenvalue weighted by Crippen LogP contribution is -2.32. The number of hydrogen-bond acceptors (Lipinski definition) is 7. The maximum absolute atomic E-state index is 12.1. The lowest BCUT2D eigenvalue weighted by atomic mass is 10.3. The highest BCUT2D eigenvalue weighted by Crippen LogP contribution is 2.29. The Bertz CT molecular complexity index is 1000. The third-order valence-corrected chi connectivity index (χ3v) is 4.24. The molecule has 0 aliphatic rings. The van der Waals surface area contributed by atoms with E-state index in [9.17, 15) is 4.79 Å². The van der Waals surface area contributed by atoms with Crippen LogP contribution < -0.4 is 25.4 Å². The van der Waals surface area contributed by atoms with Crippen LogP contribution in [0, 0.1) is 13.8 Å². The number of benzene rings is 1. The van der Waals surface area contributed by atoms with Crippen molar-refractivity contribution in [1.29, 1.82) is 0 Å². The average Bonchev–Trinajstić information content (AvgIpc) is 3.09. The van der Waals surface area contributed by atoms with Crippen LogP contribution in [0.3, 0.4) is 0 Å². The first-order valence-corrected chi connectivity index (χ1v) is 9.38. The summed E-state index contributed by atoms with van der Waals surface area (Å²) in [4.78, 5) is 12.1. The van der Waals surface area contributed by atoms with Crippen molar-refractivity contribution >= 4 is 17.5 Å². The maximum atomic E-state index is 12.1. The van der Waals surface area contributed by atoms with Gasteiger partial charge in [0, 0.05) is 30.5 Å². The fraction of sp³-hybridized carbons (Fsp3) is 0.300. The Balaban J connectivity index is 1.44. The molecule has 2 heterocycles. The largest absolute Gasteiger partial charge is 0.493 e. The third kappa shape index (κ3) is 5.16. The molecule has 0 spiro atoms. The molecule has 2 aromatic heterocycles. The third-order valence-electron chi connectivity index (χ3n) is 4.24. The van der Waals surface area contributed by atoms with Gasteiger partial charge in [0.1, 0.15) is 5.82 Å². The van der Waals surface area contributed by atoms with Gasteiger partial charge in [0.15, 0.2) is 17.3 Å². The van der Waals surface area contributed by atoms with Crippen molar-refractivity contribution in [3.05, 3.63) is 47.8 Å². The fourth-order valence-corrected chi connectivity index (χ4v) is 2.85. The van der Waals surface area contributed by atoms with Crippen LogP contribution in [0.5, 0.6) is 11.5 Å². The van der Waals surface area contributed by atoms with Crippen molar-refractivity contribution in [3.8, 4) is 17.3 Å². The summed E-state index contributed by atoms with van der Waals surface area (Å²) in [5.74, 6) is 2.40. The van der Waals surface area contributed by atoms with Gasteiger partial charge in [0.2, 0.25) is 0 Å². The number of aryl methyl sites for hydroxylation is 2. The molecule has 0 aliphatic heterocycles. The zero-order valence-electron chi connectivity index (χ0n) is 17.4. The molecule has 0 saturated heterocycles. The minimum Gasteiger partial charge on any atom is -0.493 e. The van der Waals surface area contributed by atoms with Gasteiger partial charge >= 0.3 is 6.03 Å². The van der Waals surface area contributed by atoms with Gasteiger partial charge in [-0.3, -0.25) is 0 Å². The van der Waals surface area contributed by atoms with Crippen LogP contribution in [0.1, 0.15) is 11.4 Å². The van der Waals surface area contributed by atoms with Crippen molar-refractivity contribution < 1.29 is 14.3 Å². The molecule has 0 saturated carbocycles. The smallest absolute Gasteiger partial charge is 0.319 e. The van der Waals surface area contributed by atoms with Gasteiger partial charge in [0.05, 0.1) is 19.9 Å². The second-order valence-electron chi connectivity index (χ2n) is 6.49. The molecule has 3 aromatic rings. The summed E-state index contributed by atoms with van der Waals surface area (Å²) < 4.78 is 12.1. The molecule has 10 heteroatoms. The second-order valence-corrected chi connectivity index (χ2v) is 6.49. The summed E-state index contributed by atoms with van der Waals surface area (Å²) in [5, 5.41) is 21.4. The molecule has 10 nitrogen and oxygen atoms in total. The summed E-state index contributed by atoms with van der Waals surface area (Å²) in [6.45, 7) is 4.79. The van der Waals surface area contributed by atoms with Crippen LogP contribution in [-0.2, 0) is 0 Å². The summed E-state index contributed by atoms with van der Waals surface area (Å²) >= 11 is 0. The number of hydrogen-bond donors (Lipinski definition) is 3. The second kappa shape index (κ2) is 9.59. The first kappa shape index (κ1) is 20.9. The van der Waals surface area contributed by atoms with E-state index in [1.54, 1.807) is 37.1 Å². The molecular formula is C20H25N7O3. The number of amides is 2. The molecule has 0 fully saturated rings. The standard InChI is InChI=1S/C20H25N7O3/c1-13-11-14(2)27(26-13)19-8-7-18(24-25-19)21-9-10-22-20(28)23-15-5-6-16(29-3)17(12-15)30-4/h5-8,11-12H,9-10H2,1-4H3,(H,21,24)(H2,22,23,28). The van der Waals surface area contributed by atoms with Crippen LogP contribution >= 0.6 is 0 Å². The first-order valence-electron chi connectivity index (χ1n) is 9.38. The van der Waals surface area contributed by atoms with Crippen LogP contribution in [-0.4, -0.2) is 53.3 Å². The topological polar surface area (TPSA) is 115 Å². The molecule has 2 amide bonds. The predicted octanol–water partition coefficient (Wildman–Crippen LogP) is 2.53. The molecular weight excluding hydrogens is 386 g/mol. The average molecular weight is 411 g/mol. The first-order chi connectivity index (χ1) is 14.5. The number of methoxy groups -OCH3 is 2. The van der Waals surface area contributed by atoms with E-state index in [-0.39, 0.29) is 6.03 Å². The Kier molecular flexibility index (Phi) is 6.68. The maximum Gasteiger partial charge on any atom is 0.319 e. The highest BCUT2D eigenvalue weighted by atomic mass is 16.5. The Morgan fingerprint density at radius 3 is 2.43 bits per heavy atom. The summed E-state index contributed by atoms with van der Waals surface area (Å²) in [6, 6.07) is 10.5. The number of aromatic nitrogens is 4. The molecule has 0 unspecified atom stereocenters. The Morgan fingerprint density at radius 2 is 1.80 bits per heavy atom. The van der Waals surface area contributed by atoms with E-state index >= 15 is 0 Å². The zero-order chi connectivity index (χ0) is 21.5. The van der Waals surface area contributed by atoms with Gasteiger partial charge in [-0.05, 0) is 44.2 Å². The van der Waals surface area contributed by atoms with E-state index in [0.29, 0.717) is 41.9 Å². The number of carbonyl (C=O) groups excluding carboxylic acids is 1. The SMILES string of the molecule is COc1ccc(NC(=O)NCCNc2ccc(-n3nc(C)cc3C)nn2)cc1OC. The van der Waals surface area contributed by atoms with Crippen molar-refractivity contribution in [2.24, 2.45) is 0 Å². The van der Waals surface area contributed by atoms with Gasteiger partial charge in [0.25, 0.3) is 0 Å². The molecule has 3 rings (SSSR count). The number of anilines is 2.